The van der Waals surface area contributed by atoms with E-state index in [1.165, 1.54) is 0 Å². The van der Waals surface area contributed by atoms with Crippen molar-refractivity contribution in [1.82, 2.24) is 10.6 Å². The number of carbonyl (C=O) groups excluding carboxylic acids is 2. The van der Waals surface area contributed by atoms with E-state index in [0.29, 0.717) is 5.56 Å². The van der Waals surface area contributed by atoms with Crippen LogP contribution in [0.1, 0.15) is 10.4 Å². The molecule has 4 nitrogen and oxygen atoms in total. The zero-order chi connectivity index (χ0) is 12.7. The van der Waals surface area contributed by atoms with Gasteiger partial charge in [0.2, 0.25) is 5.91 Å². The zero-order valence-corrected chi connectivity index (χ0v) is 10.6. The minimum Gasteiger partial charge on any atom is -0.344 e. The second-order valence-electron chi connectivity index (χ2n) is 3.17. The van der Waals surface area contributed by atoms with Crippen LogP contribution in [0.5, 0.6) is 0 Å². The molecule has 88 valence electrons. The molecular formula is C12H11BrN2O2. The molecule has 5 heteroatoms. The molecule has 0 spiro atoms. The molecular weight excluding hydrogens is 284 g/mol. The molecule has 1 aromatic carbocycles. The van der Waals surface area contributed by atoms with E-state index in [2.05, 4.69) is 32.5 Å². The number of benzene rings is 1. The minimum absolute atomic E-state index is 0.0867. The third-order valence-corrected chi connectivity index (χ3v) is 2.43. The summed E-state index contributed by atoms with van der Waals surface area (Å²) in [4.78, 5) is 22.8. The SMILES string of the molecule is C#CCNC(=O)CNC(=O)c1ccc(Br)cc1. The quantitative estimate of drug-likeness (QED) is 0.812. The molecule has 0 heterocycles. The number of halogens is 1. The van der Waals surface area contributed by atoms with Gasteiger partial charge in [-0.3, -0.25) is 9.59 Å². The Morgan fingerprint density at radius 1 is 1.24 bits per heavy atom. The van der Waals surface area contributed by atoms with Crippen LogP contribution in [0, 0.1) is 12.3 Å². The van der Waals surface area contributed by atoms with Crippen LogP contribution in [0.4, 0.5) is 0 Å². The van der Waals surface area contributed by atoms with Gasteiger partial charge in [0.05, 0.1) is 13.1 Å². The number of amides is 2. The number of terminal acetylenes is 1. The van der Waals surface area contributed by atoms with E-state index in [4.69, 9.17) is 6.42 Å². The van der Waals surface area contributed by atoms with Crippen molar-refractivity contribution < 1.29 is 9.59 Å². The molecule has 0 saturated heterocycles. The topological polar surface area (TPSA) is 58.2 Å². The number of carbonyl (C=O) groups is 2. The Labute approximate surface area is 108 Å². The largest absolute Gasteiger partial charge is 0.344 e. The van der Waals surface area contributed by atoms with Crippen molar-refractivity contribution in [3.63, 3.8) is 0 Å². The molecule has 0 unspecified atom stereocenters. The molecule has 0 fully saturated rings. The van der Waals surface area contributed by atoms with Gasteiger partial charge in [-0.05, 0) is 24.3 Å². The average Bonchev–Trinajstić information content (AvgIpc) is 2.34. The maximum Gasteiger partial charge on any atom is 0.251 e. The van der Waals surface area contributed by atoms with Crippen molar-refractivity contribution in [2.45, 2.75) is 0 Å². The van der Waals surface area contributed by atoms with Crippen molar-refractivity contribution >= 4 is 27.7 Å². The lowest BCUT2D eigenvalue weighted by atomic mass is 10.2. The summed E-state index contributed by atoms with van der Waals surface area (Å²) in [5.74, 6) is 1.66. The molecule has 0 aromatic heterocycles. The molecule has 0 saturated carbocycles. The van der Waals surface area contributed by atoms with Crippen LogP contribution >= 0.6 is 15.9 Å². The van der Waals surface area contributed by atoms with Gasteiger partial charge in [0.1, 0.15) is 0 Å². The van der Waals surface area contributed by atoms with Crippen LogP contribution in [0.2, 0.25) is 0 Å². The number of nitrogens with one attached hydrogen (secondary N) is 2. The lowest BCUT2D eigenvalue weighted by molar-refractivity contribution is -0.119. The second kappa shape index (κ2) is 6.71. The van der Waals surface area contributed by atoms with Crippen molar-refractivity contribution in [2.24, 2.45) is 0 Å². The van der Waals surface area contributed by atoms with Crippen molar-refractivity contribution in [3.8, 4) is 12.3 Å². The summed E-state index contributed by atoms with van der Waals surface area (Å²) in [6.45, 7) is 0.0730. The van der Waals surface area contributed by atoms with E-state index in [-0.39, 0.29) is 24.9 Å². The Morgan fingerprint density at radius 3 is 2.47 bits per heavy atom. The van der Waals surface area contributed by atoms with E-state index in [1.54, 1.807) is 24.3 Å². The molecule has 1 rings (SSSR count). The molecule has 0 bridgehead atoms. The summed E-state index contributed by atoms with van der Waals surface area (Å²) in [5.41, 5.74) is 0.498. The monoisotopic (exact) mass is 294 g/mol. The fourth-order valence-electron chi connectivity index (χ4n) is 1.08. The van der Waals surface area contributed by atoms with Crippen LogP contribution in [-0.2, 0) is 4.79 Å². The molecule has 0 aliphatic heterocycles. The van der Waals surface area contributed by atoms with Crippen molar-refractivity contribution in [3.05, 3.63) is 34.3 Å². The molecule has 17 heavy (non-hydrogen) atoms. The second-order valence-corrected chi connectivity index (χ2v) is 4.09. The highest BCUT2D eigenvalue weighted by Crippen LogP contribution is 2.10. The highest BCUT2D eigenvalue weighted by Gasteiger charge is 2.06. The first kappa shape index (κ1) is 13.3. The molecule has 2 N–H and O–H groups in total. The van der Waals surface area contributed by atoms with Crippen LogP contribution in [0.25, 0.3) is 0 Å². The Kier molecular flexibility index (Phi) is 5.24. The fourth-order valence-corrected chi connectivity index (χ4v) is 1.34. The van der Waals surface area contributed by atoms with Gasteiger partial charge in [-0.25, -0.2) is 0 Å². The van der Waals surface area contributed by atoms with Crippen LogP contribution in [-0.4, -0.2) is 24.9 Å². The Balaban J connectivity index is 2.42. The maximum atomic E-state index is 11.6. The summed E-state index contributed by atoms with van der Waals surface area (Å²) in [7, 11) is 0. The highest BCUT2D eigenvalue weighted by molar-refractivity contribution is 9.10. The lowest BCUT2D eigenvalue weighted by Gasteiger charge is -2.05. The third-order valence-electron chi connectivity index (χ3n) is 1.90. The first-order chi connectivity index (χ1) is 8.13. The fraction of sp³-hybridized carbons (Fsp3) is 0.167. The van der Waals surface area contributed by atoms with Gasteiger partial charge in [0.25, 0.3) is 5.91 Å². The molecule has 2 amide bonds. The molecule has 0 radical (unpaired) electrons. The van der Waals surface area contributed by atoms with Crippen molar-refractivity contribution in [2.75, 3.05) is 13.1 Å². The smallest absolute Gasteiger partial charge is 0.251 e. The number of rotatable bonds is 4. The van der Waals surface area contributed by atoms with Gasteiger partial charge in [-0.15, -0.1) is 6.42 Å². The van der Waals surface area contributed by atoms with Crippen molar-refractivity contribution in [1.29, 1.82) is 0 Å². The summed E-state index contributed by atoms with van der Waals surface area (Å²) >= 11 is 3.27. The molecule has 1 aromatic rings. The van der Waals surface area contributed by atoms with Crippen LogP contribution in [0.15, 0.2) is 28.7 Å². The highest BCUT2D eigenvalue weighted by atomic mass is 79.9. The first-order valence-corrected chi connectivity index (χ1v) is 5.66. The Hall–Kier alpha value is -1.80. The van der Waals surface area contributed by atoms with E-state index in [9.17, 15) is 9.59 Å². The normalized spacial score (nSPS) is 9.18. The lowest BCUT2D eigenvalue weighted by Crippen LogP contribution is -2.37. The van der Waals surface area contributed by atoms with Gasteiger partial charge in [0.15, 0.2) is 0 Å². The maximum absolute atomic E-state index is 11.6. The third kappa shape index (κ3) is 4.70. The Bertz CT molecular complexity index is 449. The van der Waals surface area contributed by atoms with E-state index in [1.807, 2.05) is 0 Å². The number of hydrogen-bond acceptors (Lipinski definition) is 2. The average molecular weight is 295 g/mol. The molecule has 0 aliphatic rings. The first-order valence-electron chi connectivity index (χ1n) is 4.87. The van der Waals surface area contributed by atoms with Gasteiger partial charge in [-0.1, -0.05) is 21.9 Å². The van der Waals surface area contributed by atoms with Gasteiger partial charge >= 0.3 is 0 Å². The zero-order valence-electron chi connectivity index (χ0n) is 9.00. The van der Waals surface area contributed by atoms with Gasteiger partial charge in [-0.2, -0.15) is 0 Å². The summed E-state index contributed by atoms with van der Waals surface area (Å²) in [5, 5.41) is 4.94. The molecule has 0 atom stereocenters. The van der Waals surface area contributed by atoms with Gasteiger partial charge < -0.3 is 10.6 Å². The predicted octanol–water partition coefficient (Wildman–Crippen LogP) is 0.928. The van der Waals surface area contributed by atoms with E-state index >= 15 is 0 Å². The van der Waals surface area contributed by atoms with E-state index in [0.717, 1.165) is 4.47 Å². The Morgan fingerprint density at radius 2 is 1.88 bits per heavy atom. The number of hydrogen-bond donors (Lipinski definition) is 2. The van der Waals surface area contributed by atoms with Gasteiger partial charge in [0, 0.05) is 10.0 Å². The van der Waals surface area contributed by atoms with Crippen LogP contribution in [0.3, 0.4) is 0 Å². The van der Waals surface area contributed by atoms with E-state index < -0.39 is 0 Å². The minimum atomic E-state index is -0.312. The standard InChI is InChI=1S/C12H11BrN2O2/c1-2-7-14-11(16)8-15-12(17)9-3-5-10(13)6-4-9/h1,3-6H,7-8H2,(H,14,16)(H,15,17). The molecule has 0 aliphatic carbocycles. The summed E-state index contributed by atoms with van der Waals surface area (Å²) in [6, 6.07) is 6.85. The predicted molar refractivity (Wildman–Crippen MR) is 68.3 cm³/mol. The summed E-state index contributed by atoms with van der Waals surface area (Å²) < 4.78 is 0.890. The summed E-state index contributed by atoms with van der Waals surface area (Å²) in [6.07, 6.45) is 4.98. The van der Waals surface area contributed by atoms with Crippen LogP contribution < -0.4 is 10.6 Å².